The molecule has 2 aromatic rings. The molecule has 0 radical (unpaired) electrons. The maximum atomic E-state index is 11.8. The molecule has 1 heterocycles. The van der Waals surface area contributed by atoms with Gasteiger partial charge >= 0.3 is 5.97 Å². The molecule has 6 heteroatoms. The zero-order valence-electron chi connectivity index (χ0n) is 11.7. The highest BCUT2D eigenvalue weighted by atomic mass is 16.5. The van der Waals surface area contributed by atoms with Crippen molar-refractivity contribution >= 4 is 11.8 Å². The molecule has 0 aliphatic carbocycles. The average molecular weight is 289 g/mol. The number of ketones is 1. The largest absolute Gasteiger partial charge is 0.493 e. The van der Waals surface area contributed by atoms with Crippen LogP contribution in [0.25, 0.3) is 0 Å². The van der Waals surface area contributed by atoms with E-state index >= 15 is 0 Å². The molecule has 0 atom stereocenters. The number of carbonyl (C=O) groups excluding carboxylic acids is 2. The number of hydrogen-bond donors (Lipinski definition) is 1. The van der Waals surface area contributed by atoms with Crippen LogP contribution in [0.2, 0.25) is 0 Å². The Balaban J connectivity index is 2.09. The van der Waals surface area contributed by atoms with Crippen molar-refractivity contribution in [3.8, 4) is 11.5 Å². The molecule has 0 saturated carbocycles. The summed E-state index contributed by atoms with van der Waals surface area (Å²) in [6.45, 7) is -0.131. The van der Waals surface area contributed by atoms with E-state index in [-0.39, 0.29) is 12.4 Å². The molecule has 1 aromatic carbocycles. The van der Waals surface area contributed by atoms with Crippen LogP contribution in [0.1, 0.15) is 20.8 Å². The number of methoxy groups -OCH3 is 2. The maximum Gasteiger partial charge on any atom is 0.337 e. The number of aromatic amines is 1. The third-order valence-corrected chi connectivity index (χ3v) is 2.84. The first-order valence-electron chi connectivity index (χ1n) is 6.21. The molecule has 0 fully saturated rings. The highest BCUT2D eigenvalue weighted by Crippen LogP contribution is 2.28. The Morgan fingerprint density at radius 1 is 1.14 bits per heavy atom. The Hall–Kier alpha value is -2.76. The van der Waals surface area contributed by atoms with Crippen molar-refractivity contribution in [2.75, 3.05) is 20.8 Å². The fourth-order valence-corrected chi connectivity index (χ4v) is 1.76. The lowest BCUT2D eigenvalue weighted by atomic mass is 10.2. The average Bonchev–Trinajstić information content (AvgIpc) is 3.06. The summed E-state index contributed by atoms with van der Waals surface area (Å²) in [6.07, 6.45) is 1.67. The van der Waals surface area contributed by atoms with Crippen molar-refractivity contribution < 1.29 is 23.8 Å². The fraction of sp³-hybridized carbons (Fsp3) is 0.200. The first-order chi connectivity index (χ1) is 10.2. The van der Waals surface area contributed by atoms with E-state index in [1.807, 2.05) is 0 Å². The van der Waals surface area contributed by atoms with Crippen LogP contribution in [0.15, 0.2) is 36.5 Å². The number of rotatable bonds is 6. The van der Waals surface area contributed by atoms with E-state index in [4.69, 9.17) is 9.47 Å². The van der Waals surface area contributed by atoms with Crippen LogP contribution < -0.4 is 9.47 Å². The molecule has 21 heavy (non-hydrogen) atoms. The SMILES string of the molecule is COC(=O)c1ccc(OCC(=O)c2ccc[nH]2)c(OC)c1. The van der Waals surface area contributed by atoms with Crippen LogP contribution in [-0.4, -0.2) is 37.6 Å². The van der Waals surface area contributed by atoms with Crippen molar-refractivity contribution in [2.45, 2.75) is 0 Å². The highest BCUT2D eigenvalue weighted by Gasteiger charge is 2.13. The minimum atomic E-state index is -0.470. The third kappa shape index (κ3) is 3.42. The standard InChI is InChI=1S/C15H15NO5/c1-19-14-8-10(15(18)20-2)5-6-13(14)21-9-12(17)11-4-3-7-16-11/h3-8,16H,9H2,1-2H3. The van der Waals surface area contributed by atoms with Gasteiger partial charge in [-0.05, 0) is 30.3 Å². The van der Waals surface area contributed by atoms with Gasteiger partial charge < -0.3 is 19.2 Å². The highest BCUT2D eigenvalue weighted by molar-refractivity contribution is 5.95. The van der Waals surface area contributed by atoms with Crippen molar-refractivity contribution in [3.63, 3.8) is 0 Å². The second kappa shape index (κ2) is 6.60. The van der Waals surface area contributed by atoms with Crippen LogP contribution >= 0.6 is 0 Å². The van der Waals surface area contributed by atoms with Gasteiger partial charge in [-0.3, -0.25) is 4.79 Å². The normalized spacial score (nSPS) is 10.0. The summed E-state index contributed by atoms with van der Waals surface area (Å²) >= 11 is 0. The van der Waals surface area contributed by atoms with E-state index in [1.165, 1.54) is 20.3 Å². The Labute approximate surface area is 121 Å². The molecule has 0 aliphatic heterocycles. The molecule has 6 nitrogen and oxygen atoms in total. The van der Waals surface area contributed by atoms with Gasteiger partial charge in [-0.2, -0.15) is 0 Å². The summed E-state index contributed by atoms with van der Waals surface area (Å²) in [4.78, 5) is 26.1. The smallest absolute Gasteiger partial charge is 0.337 e. The molecular formula is C15H15NO5. The van der Waals surface area contributed by atoms with E-state index in [1.54, 1.807) is 30.5 Å². The second-order valence-corrected chi connectivity index (χ2v) is 4.15. The number of benzene rings is 1. The zero-order chi connectivity index (χ0) is 15.2. The molecule has 0 amide bonds. The number of carbonyl (C=O) groups is 2. The number of ether oxygens (including phenoxy) is 3. The van der Waals surface area contributed by atoms with Gasteiger partial charge in [0.2, 0.25) is 5.78 Å². The second-order valence-electron chi connectivity index (χ2n) is 4.15. The molecule has 0 unspecified atom stereocenters. The minimum Gasteiger partial charge on any atom is -0.493 e. The molecule has 0 saturated heterocycles. The summed E-state index contributed by atoms with van der Waals surface area (Å²) in [5.74, 6) is 0.0867. The topological polar surface area (TPSA) is 77.6 Å². The quantitative estimate of drug-likeness (QED) is 0.650. The number of nitrogens with one attached hydrogen (secondary N) is 1. The van der Waals surface area contributed by atoms with E-state index < -0.39 is 5.97 Å². The lowest BCUT2D eigenvalue weighted by Gasteiger charge is -2.11. The van der Waals surface area contributed by atoms with Crippen molar-refractivity contribution in [3.05, 3.63) is 47.8 Å². The van der Waals surface area contributed by atoms with Gasteiger partial charge in [-0.25, -0.2) is 4.79 Å². The molecule has 1 aromatic heterocycles. The fourth-order valence-electron chi connectivity index (χ4n) is 1.76. The van der Waals surface area contributed by atoms with Gasteiger partial charge in [0.15, 0.2) is 18.1 Å². The summed E-state index contributed by atoms with van der Waals surface area (Å²) in [7, 11) is 2.75. The number of esters is 1. The lowest BCUT2D eigenvalue weighted by Crippen LogP contribution is -2.12. The molecule has 1 N–H and O–H groups in total. The van der Waals surface area contributed by atoms with Crippen LogP contribution in [-0.2, 0) is 4.74 Å². The summed E-state index contributed by atoms with van der Waals surface area (Å²) in [6, 6.07) is 8.01. The summed E-state index contributed by atoms with van der Waals surface area (Å²) < 4.78 is 15.2. The summed E-state index contributed by atoms with van der Waals surface area (Å²) in [5, 5.41) is 0. The summed E-state index contributed by atoms with van der Waals surface area (Å²) in [5.41, 5.74) is 0.817. The Kier molecular flexibility index (Phi) is 4.61. The van der Waals surface area contributed by atoms with E-state index in [0.717, 1.165) is 0 Å². The molecular weight excluding hydrogens is 274 g/mol. The van der Waals surface area contributed by atoms with E-state index in [9.17, 15) is 9.59 Å². The first-order valence-corrected chi connectivity index (χ1v) is 6.21. The van der Waals surface area contributed by atoms with Crippen LogP contribution in [0.5, 0.6) is 11.5 Å². The van der Waals surface area contributed by atoms with Gasteiger partial charge in [-0.1, -0.05) is 0 Å². The van der Waals surface area contributed by atoms with Gasteiger partial charge in [0.05, 0.1) is 25.5 Å². The molecule has 2 rings (SSSR count). The number of hydrogen-bond acceptors (Lipinski definition) is 5. The Bertz CT molecular complexity index is 634. The van der Waals surface area contributed by atoms with Crippen LogP contribution in [0, 0.1) is 0 Å². The number of Topliss-reactive ketones (excluding diaryl/α,β-unsaturated/α-hetero) is 1. The van der Waals surface area contributed by atoms with Crippen LogP contribution in [0.4, 0.5) is 0 Å². The molecule has 0 spiro atoms. The van der Waals surface area contributed by atoms with Gasteiger partial charge in [0, 0.05) is 6.20 Å². The monoisotopic (exact) mass is 289 g/mol. The van der Waals surface area contributed by atoms with Gasteiger partial charge in [0.25, 0.3) is 0 Å². The lowest BCUT2D eigenvalue weighted by molar-refractivity contribution is 0.0600. The van der Waals surface area contributed by atoms with E-state index in [2.05, 4.69) is 9.72 Å². The van der Waals surface area contributed by atoms with Crippen molar-refractivity contribution in [2.24, 2.45) is 0 Å². The predicted molar refractivity (Wildman–Crippen MR) is 75.0 cm³/mol. The van der Waals surface area contributed by atoms with Gasteiger partial charge in [0.1, 0.15) is 0 Å². The van der Waals surface area contributed by atoms with Gasteiger partial charge in [-0.15, -0.1) is 0 Å². The third-order valence-electron chi connectivity index (χ3n) is 2.84. The maximum absolute atomic E-state index is 11.8. The first kappa shape index (κ1) is 14.6. The minimum absolute atomic E-state index is 0.131. The molecule has 0 bridgehead atoms. The zero-order valence-corrected chi connectivity index (χ0v) is 11.7. The Morgan fingerprint density at radius 2 is 1.95 bits per heavy atom. The predicted octanol–water partition coefficient (Wildman–Crippen LogP) is 2.07. The van der Waals surface area contributed by atoms with Crippen molar-refractivity contribution in [1.29, 1.82) is 0 Å². The molecule has 0 aliphatic rings. The van der Waals surface area contributed by atoms with Crippen molar-refractivity contribution in [1.82, 2.24) is 4.98 Å². The number of aromatic nitrogens is 1. The number of H-pyrrole nitrogens is 1. The van der Waals surface area contributed by atoms with E-state index in [0.29, 0.717) is 22.8 Å². The Morgan fingerprint density at radius 3 is 2.57 bits per heavy atom. The molecule has 110 valence electrons. The van der Waals surface area contributed by atoms with Crippen LogP contribution in [0.3, 0.4) is 0 Å².